The first-order valence-electron chi connectivity index (χ1n) is 9.30. The van der Waals surface area contributed by atoms with Crippen LogP contribution in [0.25, 0.3) is 0 Å². The summed E-state index contributed by atoms with van der Waals surface area (Å²) in [6.45, 7) is 4.11. The number of esters is 1. The highest BCUT2D eigenvalue weighted by Crippen LogP contribution is 2.35. The first-order valence-corrected chi connectivity index (χ1v) is 9.30. The van der Waals surface area contributed by atoms with Gasteiger partial charge in [0, 0.05) is 22.5 Å². The molecule has 1 aliphatic heterocycles. The summed E-state index contributed by atoms with van der Waals surface area (Å²) in [6.07, 6.45) is -0.418. The van der Waals surface area contributed by atoms with Gasteiger partial charge in [-0.2, -0.15) is 0 Å². The predicted molar refractivity (Wildman–Crippen MR) is 109 cm³/mol. The minimum atomic E-state index is -0.537. The lowest BCUT2D eigenvalue weighted by molar-refractivity contribution is 0.0367. The number of ketones is 1. The Hall–Kier alpha value is -3.40. The van der Waals surface area contributed by atoms with Crippen molar-refractivity contribution in [1.82, 2.24) is 0 Å². The molecule has 4 heteroatoms. The van der Waals surface area contributed by atoms with Crippen LogP contribution in [-0.2, 0) is 4.74 Å². The van der Waals surface area contributed by atoms with Gasteiger partial charge in [-0.15, -0.1) is 0 Å². The van der Waals surface area contributed by atoms with E-state index in [-0.39, 0.29) is 18.2 Å². The number of carbonyl (C=O) groups excluding carboxylic acids is 2. The molecule has 1 heterocycles. The van der Waals surface area contributed by atoms with Crippen molar-refractivity contribution in [3.63, 3.8) is 0 Å². The Balaban J connectivity index is 1.60. The van der Waals surface area contributed by atoms with Gasteiger partial charge in [-0.25, -0.2) is 4.79 Å². The van der Waals surface area contributed by atoms with E-state index in [1.807, 2.05) is 42.5 Å². The molecule has 1 atom stereocenters. The number of benzene rings is 3. The standard InChI is InChI=1S/C24H21NO3/c1-15-8-7-13-20(16(15)2)25-21-12-6-5-11-19(21)22(26)14-23-17-9-3-4-10-18(17)24(27)28-23/h3-13,23,25H,14H2,1-2H3. The summed E-state index contributed by atoms with van der Waals surface area (Å²) < 4.78 is 5.44. The lowest BCUT2D eigenvalue weighted by atomic mass is 9.97. The Morgan fingerprint density at radius 2 is 1.64 bits per heavy atom. The fourth-order valence-electron chi connectivity index (χ4n) is 3.52. The maximum atomic E-state index is 13.0. The van der Waals surface area contributed by atoms with Gasteiger partial charge in [0.15, 0.2) is 5.78 Å². The zero-order chi connectivity index (χ0) is 19.7. The van der Waals surface area contributed by atoms with Crippen LogP contribution in [0.4, 0.5) is 11.4 Å². The highest BCUT2D eigenvalue weighted by atomic mass is 16.5. The molecule has 0 radical (unpaired) electrons. The summed E-state index contributed by atoms with van der Waals surface area (Å²) in [5, 5.41) is 3.39. The fourth-order valence-corrected chi connectivity index (χ4v) is 3.52. The summed E-state index contributed by atoms with van der Waals surface area (Å²) in [6, 6.07) is 20.7. The Kier molecular flexibility index (Phi) is 4.70. The minimum absolute atomic E-state index is 0.0668. The molecule has 1 N–H and O–H groups in total. The molecule has 0 saturated carbocycles. The smallest absolute Gasteiger partial charge is 0.339 e. The van der Waals surface area contributed by atoms with Gasteiger partial charge in [0.25, 0.3) is 0 Å². The van der Waals surface area contributed by atoms with E-state index in [1.165, 1.54) is 5.56 Å². The number of aryl methyl sites for hydroxylation is 1. The second kappa shape index (κ2) is 7.31. The predicted octanol–water partition coefficient (Wildman–Crippen LogP) is 5.53. The molecule has 4 nitrogen and oxygen atoms in total. The summed E-state index contributed by atoms with van der Waals surface area (Å²) in [7, 11) is 0. The number of rotatable bonds is 5. The number of hydrogen-bond acceptors (Lipinski definition) is 4. The van der Waals surface area contributed by atoms with E-state index >= 15 is 0 Å². The topological polar surface area (TPSA) is 55.4 Å². The Labute approximate surface area is 164 Å². The number of Topliss-reactive ketones (excluding diaryl/α,β-unsaturated/α-hetero) is 1. The van der Waals surface area contributed by atoms with Crippen molar-refractivity contribution in [2.45, 2.75) is 26.4 Å². The fraction of sp³-hybridized carbons (Fsp3) is 0.167. The Bertz CT molecular complexity index is 1070. The maximum Gasteiger partial charge on any atom is 0.339 e. The second-order valence-electron chi connectivity index (χ2n) is 7.03. The van der Waals surface area contributed by atoms with Crippen LogP contribution < -0.4 is 5.32 Å². The van der Waals surface area contributed by atoms with Gasteiger partial charge in [-0.3, -0.25) is 4.79 Å². The lowest BCUT2D eigenvalue weighted by Crippen LogP contribution is -2.10. The van der Waals surface area contributed by atoms with Crippen molar-refractivity contribution < 1.29 is 14.3 Å². The van der Waals surface area contributed by atoms with E-state index in [2.05, 4.69) is 25.2 Å². The van der Waals surface area contributed by atoms with Gasteiger partial charge in [0.1, 0.15) is 6.10 Å². The van der Waals surface area contributed by atoms with Crippen molar-refractivity contribution in [3.8, 4) is 0 Å². The normalized spacial score (nSPS) is 15.1. The largest absolute Gasteiger partial charge is 0.453 e. The Morgan fingerprint density at radius 1 is 0.929 bits per heavy atom. The number of ether oxygens (including phenoxy) is 1. The SMILES string of the molecule is Cc1cccc(Nc2ccccc2C(=O)CC2OC(=O)c3ccccc32)c1C. The number of anilines is 2. The molecule has 0 spiro atoms. The first kappa shape index (κ1) is 18.0. The lowest BCUT2D eigenvalue weighted by Gasteiger charge is -2.16. The molecular weight excluding hydrogens is 350 g/mol. The quantitative estimate of drug-likeness (QED) is 0.473. The van der Waals surface area contributed by atoms with Gasteiger partial charge < -0.3 is 10.1 Å². The maximum absolute atomic E-state index is 13.0. The molecule has 0 saturated heterocycles. The number of nitrogens with one attached hydrogen (secondary N) is 1. The molecule has 28 heavy (non-hydrogen) atoms. The van der Waals surface area contributed by atoms with Gasteiger partial charge in [-0.1, -0.05) is 42.5 Å². The zero-order valence-electron chi connectivity index (χ0n) is 15.9. The van der Waals surface area contributed by atoms with Crippen LogP contribution in [0.2, 0.25) is 0 Å². The van der Waals surface area contributed by atoms with Crippen LogP contribution in [0.3, 0.4) is 0 Å². The molecule has 0 bridgehead atoms. The number of fused-ring (bicyclic) bond motifs is 1. The molecular formula is C24H21NO3. The van der Waals surface area contributed by atoms with Crippen LogP contribution in [0.15, 0.2) is 66.7 Å². The third-order valence-electron chi connectivity index (χ3n) is 5.25. The molecule has 140 valence electrons. The molecule has 1 unspecified atom stereocenters. The summed E-state index contributed by atoms with van der Waals surface area (Å²) in [4.78, 5) is 25.1. The molecule has 0 amide bonds. The zero-order valence-corrected chi connectivity index (χ0v) is 15.9. The van der Waals surface area contributed by atoms with Crippen molar-refractivity contribution in [2.75, 3.05) is 5.32 Å². The number of cyclic esters (lactones) is 1. The van der Waals surface area contributed by atoms with Gasteiger partial charge in [0.2, 0.25) is 0 Å². The monoisotopic (exact) mass is 371 g/mol. The summed E-state index contributed by atoms with van der Waals surface area (Å²) in [5.74, 6) is -0.432. The third-order valence-corrected chi connectivity index (χ3v) is 5.25. The number of para-hydroxylation sites is 1. The van der Waals surface area contributed by atoms with E-state index in [0.717, 1.165) is 22.5 Å². The summed E-state index contributed by atoms with van der Waals surface area (Å²) >= 11 is 0. The third kappa shape index (κ3) is 3.29. The first-order chi connectivity index (χ1) is 13.5. The van der Waals surface area contributed by atoms with Crippen LogP contribution in [0.5, 0.6) is 0 Å². The van der Waals surface area contributed by atoms with Crippen LogP contribution in [-0.4, -0.2) is 11.8 Å². The molecule has 0 aromatic heterocycles. The minimum Gasteiger partial charge on any atom is -0.453 e. The highest BCUT2D eigenvalue weighted by Gasteiger charge is 2.32. The molecule has 0 fully saturated rings. The number of carbonyl (C=O) groups is 2. The van der Waals surface area contributed by atoms with Crippen LogP contribution >= 0.6 is 0 Å². The van der Waals surface area contributed by atoms with E-state index in [4.69, 9.17) is 4.74 Å². The van der Waals surface area contributed by atoms with E-state index in [0.29, 0.717) is 11.1 Å². The van der Waals surface area contributed by atoms with Gasteiger partial charge in [0.05, 0.1) is 12.0 Å². The second-order valence-corrected chi connectivity index (χ2v) is 7.03. The van der Waals surface area contributed by atoms with Crippen LogP contribution in [0.1, 0.15) is 49.9 Å². The van der Waals surface area contributed by atoms with Crippen molar-refractivity contribution in [2.24, 2.45) is 0 Å². The molecule has 0 aliphatic carbocycles. The van der Waals surface area contributed by atoms with E-state index in [9.17, 15) is 9.59 Å². The van der Waals surface area contributed by atoms with E-state index < -0.39 is 6.10 Å². The van der Waals surface area contributed by atoms with Crippen molar-refractivity contribution in [3.05, 3.63) is 94.5 Å². The average molecular weight is 371 g/mol. The van der Waals surface area contributed by atoms with E-state index in [1.54, 1.807) is 18.2 Å². The summed E-state index contributed by atoms with van der Waals surface area (Å²) in [5.41, 5.74) is 5.95. The molecule has 3 aromatic rings. The highest BCUT2D eigenvalue weighted by molar-refractivity contribution is 6.03. The molecule has 1 aliphatic rings. The van der Waals surface area contributed by atoms with Crippen molar-refractivity contribution in [1.29, 1.82) is 0 Å². The van der Waals surface area contributed by atoms with Gasteiger partial charge in [-0.05, 0) is 49.2 Å². The van der Waals surface area contributed by atoms with Gasteiger partial charge >= 0.3 is 5.97 Å². The molecule has 3 aromatic carbocycles. The van der Waals surface area contributed by atoms with Crippen LogP contribution in [0, 0.1) is 13.8 Å². The average Bonchev–Trinajstić information content (AvgIpc) is 3.02. The molecule has 4 rings (SSSR count). The Morgan fingerprint density at radius 3 is 2.50 bits per heavy atom. The number of hydrogen-bond donors (Lipinski definition) is 1. The van der Waals surface area contributed by atoms with Crippen molar-refractivity contribution >= 4 is 23.1 Å².